The average molecular weight is 339 g/mol. The summed E-state index contributed by atoms with van der Waals surface area (Å²) in [7, 11) is 1.61. The molecule has 0 aliphatic rings. The van der Waals surface area contributed by atoms with Gasteiger partial charge < -0.3 is 10.6 Å². The maximum absolute atomic E-state index is 5.80. The van der Waals surface area contributed by atoms with Crippen molar-refractivity contribution in [1.82, 2.24) is 14.9 Å². The third-order valence-corrected chi connectivity index (χ3v) is 3.14. The molecule has 8 heteroatoms. The van der Waals surface area contributed by atoms with E-state index in [-0.39, 0.29) is 0 Å². The smallest absolute Gasteiger partial charge is 0.263 e. The molecule has 0 spiro atoms. The Morgan fingerprint density at radius 3 is 2.95 bits per heavy atom. The molecule has 0 fully saturated rings. The lowest BCUT2D eigenvalue weighted by molar-refractivity contribution is 0.414. The lowest BCUT2D eigenvalue weighted by atomic mass is 10.2. The number of rotatable bonds is 5. The summed E-state index contributed by atoms with van der Waals surface area (Å²) in [6.45, 7) is 1.95. The molecule has 0 unspecified atom stereocenters. The molecule has 3 N–H and O–H groups in total. The van der Waals surface area contributed by atoms with Crippen molar-refractivity contribution >= 4 is 28.1 Å². The van der Waals surface area contributed by atoms with Gasteiger partial charge in [-0.05, 0) is 18.2 Å². The van der Waals surface area contributed by atoms with Crippen LogP contribution in [0.3, 0.4) is 0 Å². The zero-order chi connectivity index (χ0) is 14.5. The molecule has 0 aliphatic carbocycles. The van der Waals surface area contributed by atoms with E-state index in [1.807, 2.05) is 25.1 Å². The minimum atomic E-state index is 0.382. The van der Waals surface area contributed by atoms with Crippen molar-refractivity contribution in [3.05, 3.63) is 34.1 Å². The van der Waals surface area contributed by atoms with Gasteiger partial charge in [0, 0.05) is 16.5 Å². The molecule has 0 atom stereocenters. The van der Waals surface area contributed by atoms with Gasteiger partial charge in [-0.3, -0.25) is 0 Å². The number of nitrogen functional groups attached to an aromatic ring is 1. The zero-order valence-electron chi connectivity index (χ0n) is 11.2. The zero-order valence-corrected chi connectivity index (χ0v) is 12.8. The van der Waals surface area contributed by atoms with Crippen LogP contribution in [0, 0.1) is 0 Å². The molecule has 7 nitrogen and oxygen atoms in total. The highest BCUT2D eigenvalue weighted by atomic mass is 79.9. The lowest BCUT2D eigenvalue weighted by Crippen LogP contribution is -2.14. The number of nitrogens with two attached hydrogens (primary N) is 1. The van der Waals surface area contributed by atoms with E-state index in [0.717, 1.165) is 15.8 Å². The molecule has 20 heavy (non-hydrogen) atoms. The number of hydrazone groups is 1. The third-order valence-electron chi connectivity index (χ3n) is 2.64. The van der Waals surface area contributed by atoms with Crippen molar-refractivity contribution in [1.29, 1.82) is 0 Å². The fraction of sp³-hybridized carbons (Fsp3) is 0.250. The Morgan fingerprint density at radius 1 is 1.50 bits per heavy atom. The number of hydrogen-bond acceptors (Lipinski definition) is 6. The minimum absolute atomic E-state index is 0.382. The SMILES string of the molecule is CCc1nnc(N/N=C\c2cc(Br)ccc2OC)n1N. The number of nitrogens with one attached hydrogen (secondary N) is 1. The summed E-state index contributed by atoms with van der Waals surface area (Å²) in [5, 5.41) is 11.9. The maximum Gasteiger partial charge on any atom is 0.263 e. The first-order chi connectivity index (χ1) is 9.65. The molecule has 2 rings (SSSR count). The third kappa shape index (κ3) is 3.08. The van der Waals surface area contributed by atoms with E-state index >= 15 is 0 Å². The van der Waals surface area contributed by atoms with Crippen LogP contribution >= 0.6 is 15.9 Å². The van der Waals surface area contributed by atoms with Gasteiger partial charge in [0.05, 0.1) is 13.3 Å². The molecule has 0 aliphatic heterocycles. The van der Waals surface area contributed by atoms with E-state index in [2.05, 4.69) is 36.7 Å². The molecule has 1 aromatic heterocycles. The number of methoxy groups -OCH3 is 1. The molecule has 0 bridgehead atoms. The highest BCUT2D eigenvalue weighted by molar-refractivity contribution is 9.10. The van der Waals surface area contributed by atoms with Crippen LogP contribution in [0.15, 0.2) is 27.8 Å². The minimum Gasteiger partial charge on any atom is -0.496 e. The summed E-state index contributed by atoms with van der Waals surface area (Å²) in [5.74, 6) is 7.59. The van der Waals surface area contributed by atoms with Crippen LogP contribution in [-0.4, -0.2) is 28.2 Å². The molecule has 106 valence electrons. The van der Waals surface area contributed by atoms with E-state index in [1.165, 1.54) is 4.68 Å². The second kappa shape index (κ2) is 6.38. The molecule has 1 aromatic carbocycles. The van der Waals surface area contributed by atoms with Gasteiger partial charge in [0.2, 0.25) is 0 Å². The van der Waals surface area contributed by atoms with Crippen molar-refractivity contribution < 1.29 is 4.74 Å². The number of aryl methyl sites for hydroxylation is 1. The van der Waals surface area contributed by atoms with Gasteiger partial charge in [-0.15, -0.1) is 10.2 Å². The molecular weight excluding hydrogens is 324 g/mol. The van der Waals surface area contributed by atoms with E-state index in [9.17, 15) is 0 Å². The van der Waals surface area contributed by atoms with Gasteiger partial charge in [0.25, 0.3) is 5.95 Å². The quantitative estimate of drug-likeness (QED) is 0.492. The summed E-state index contributed by atoms with van der Waals surface area (Å²) in [4.78, 5) is 0. The number of anilines is 1. The molecule has 0 amide bonds. The fourth-order valence-electron chi connectivity index (χ4n) is 1.61. The Balaban J connectivity index is 2.13. The topological polar surface area (TPSA) is 90.4 Å². The van der Waals surface area contributed by atoms with Crippen molar-refractivity contribution in [2.45, 2.75) is 13.3 Å². The Labute approximate surface area is 124 Å². The summed E-state index contributed by atoms with van der Waals surface area (Å²) < 4.78 is 7.56. The van der Waals surface area contributed by atoms with Crippen LogP contribution in [0.2, 0.25) is 0 Å². The Kier molecular flexibility index (Phi) is 4.57. The highest BCUT2D eigenvalue weighted by Gasteiger charge is 2.06. The van der Waals surface area contributed by atoms with E-state index in [0.29, 0.717) is 18.2 Å². The standard InChI is InChI=1S/C12H15BrN6O/c1-3-11-16-18-12(19(11)14)17-15-7-8-6-9(13)4-5-10(8)20-2/h4-7H,3,14H2,1-2H3,(H,17,18)/b15-7-. The van der Waals surface area contributed by atoms with Crippen LogP contribution in [0.25, 0.3) is 0 Å². The van der Waals surface area contributed by atoms with Gasteiger partial charge >= 0.3 is 0 Å². The number of benzene rings is 1. The molecule has 0 saturated heterocycles. The van der Waals surface area contributed by atoms with E-state index < -0.39 is 0 Å². The first-order valence-electron chi connectivity index (χ1n) is 5.97. The Hall–Kier alpha value is -2.09. The Bertz CT molecular complexity index is 624. The van der Waals surface area contributed by atoms with Gasteiger partial charge in [-0.25, -0.2) is 10.1 Å². The summed E-state index contributed by atoms with van der Waals surface area (Å²) >= 11 is 3.40. The van der Waals surface area contributed by atoms with Crippen LogP contribution < -0.4 is 16.0 Å². The molecule has 2 aromatic rings. The fourth-order valence-corrected chi connectivity index (χ4v) is 1.99. The van der Waals surface area contributed by atoms with Crippen LogP contribution in [0.4, 0.5) is 5.95 Å². The van der Waals surface area contributed by atoms with Crippen molar-refractivity contribution in [2.24, 2.45) is 5.10 Å². The van der Waals surface area contributed by atoms with Crippen molar-refractivity contribution in [2.75, 3.05) is 18.4 Å². The van der Waals surface area contributed by atoms with Gasteiger partial charge in [-0.1, -0.05) is 22.9 Å². The van der Waals surface area contributed by atoms with Crippen LogP contribution in [0.5, 0.6) is 5.75 Å². The van der Waals surface area contributed by atoms with Crippen LogP contribution in [0.1, 0.15) is 18.3 Å². The summed E-state index contributed by atoms with van der Waals surface area (Å²) in [6.07, 6.45) is 2.33. The second-order valence-electron chi connectivity index (χ2n) is 3.92. The molecule has 0 saturated carbocycles. The van der Waals surface area contributed by atoms with E-state index in [1.54, 1.807) is 13.3 Å². The normalized spacial score (nSPS) is 10.9. The number of halogens is 1. The van der Waals surface area contributed by atoms with E-state index in [4.69, 9.17) is 10.6 Å². The average Bonchev–Trinajstić information content (AvgIpc) is 2.80. The summed E-state index contributed by atoms with van der Waals surface area (Å²) in [6, 6.07) is 5.65. The van der Waals surface area contributed by atoms with Gasteiger partial charge in [0.1, 0.15) is 5.75 Å². The first kappa shape index (κ1) is 14.3. The monoisotopic (exact) mass is 338 g/mol. The Morgan fingerprint density at radius 2 is 2.30 bits per heavy atom. The first-order valence-corrected chi connectivity index (χ1v) is 6.77. The lowest BCUT2D eigenvalue weighted by Gasteiger charge is -2.05. The maximum atomic E-state index is 5.80. The van der Waals surface area contributed by atoms with Crippen molar-refractivity contribution in [3.63, 3.8) is 0 Å². The number of hydrogen-bond donors (Lipinski definition) is 2. The second-order valence-corrected chi connectivity index (χ2v) is 4.84. The number of nitrogens with zero attached hydrogens (tertiary/aromatic N) is 4. The van der Waals surface area contributed by atoms with Gasteiger partial charge in [-0.2, -0.15) is 5.10 Å². The summed E-state index contributed by atoms with van der Waals surface area (Å²) in [5.41, 5.74) is 3.58. The molecule has 1 heterocycles. The molecule has 0 radical (unpaired) electrons. The predicted octanol–water partition coefficient (Wildman–Crippen LogP) is 1.77. The molecular formula is C12H15BrN6O. The number of ether oxygens (including phenoxy) is 1. The van der Waals surface area contributed by atoms with Crippen molar-refractivity contribution in [3.8, 4) is 5.75 Å². The number of aromatic nitrogens is 3. The highest BCUT2D eigenvalue weighted by Crippen LogP contribution is 2.21. The predicted molar refractivity (Wildman–Crippen MR) is 81.5 cm³/mol. The van der Waals surface area contributed by atoms with Crippen LogP contribution in [-0.2, 0) is 6.42 Å². The largest absolute Gasteiger partial charge is 0.496 e. The van der Waals surface area contributed by atoms with Gasteiger partial charge in [0.15, 0.2) is 5.82 Å².